The molecule has 1 aliphatic rings. The molecule has 2 aromatic carbocycles. The fourth-order valence-corrected chi connectivity index (χ4v) is 3.21. The smallest absolute Gasteiger partial charge is 0.337 e. The van der Waals surface area contributed by atoms with E-state index in [0.29, 0.717) is 24.2 Å². The van der Waals surface area contributed by atoms with E-state index in [9.17, 15) is 14.4 Å². The molecule has 2 amide bonds. The predicted molar refractivity (Wildman–Crippen MR) is 101 cm³/mol. The first kappa shape index (κ1) is 18.6. The zero-order valence-electron chi connectivity index (χ0n) is 15.6. The lowest BCUT2D eigenvalue weighted by Crippen LogP contribution is -2.56. The zero-order chi connectivity index (χ0) is 19.6. The molecule has 1 heterocycles. The highest BCUT2D eigenvalue weighted by atomic mass is 16.5. The number of hydrogen-bond donors (Lipinski definition) is 0. The molecule has 1 atom stereocenters. The molecular weight excluding hydrogens is 344 g/mol. The van der Waals surface area contributed by atoms with Crippen molar-refractivity contribution in [2.24, 2.45) is 0 Å². The number of ether oxygens (including phenoxy) is 1. The second-order valence-corrected chi connectivity index (χ2v) is 6.58. The maximum atomic E-state index is 12.8. The summed E-state index contributed by atoms with van der Waals surface area (Å²) in [5, 5.41) is 0. The summed E-state index contributed by atoms with van der Waals surface area (Å²) in [6.45, 7) is 2.81. The molecule has 0 radical (unpaired) electrons. The second kappa shape index (κ2) is 7.61. The van der Waals surface area contributed by atoms with Gasteiger partial charge < -0.3 is 14.5 Å². The van der Waals surface area contributed by atoms with Crippen LogP contribution in [0.3, 0.4) is 0 Å². The molecule has 6 heteroatoms. The number of piperazine rings is 1. The molecule has 1 aliphatic heterocycles. The molecule has 0 N–H and O–H groups in total. The van der Waals surface area contributed by atoms with Crippen molar-refractivity contribution < 1.29 is 19.1 Å². The summed E-state index contributed by atoms with van der Waals surface area (Å²) in [6.07, 6.45) is 0. The van der Waals surface area contributed by atoms with E-state index in [4.69, 9.17) is 4.74 Å². The number of amides is 2. The van der Waals surface area contributed by atoms with Gasteiger partial charge in [-0.1, -0.05) is 24.3 Å². The Morgan fingerprint density at radius 2 is 1.70 bits per heavy atom. The number of methoxy groups -OCH3 is 1. The van der Waals surface area contributed by atoms with E-state index in [1.165, 1.54) is 7.11 Å². The Bertz CT molecular complexity index is 876. The number of benzene rings is 2. The van der Waals surface area contributed by atoms with E-state index in [-0.39, 0.29) is 11.8 Å². The van der Waals surface area contributed by atoms with Gasteiger partial charge in [0.2, 0.25) is 5.91 Å². The molecule has 1 unspecified atom stereocenters. The molecule has 6 nitrogen and oxygen atoms in total. The van der Waals surface area contributed by atoms with Gasteiger partial charge in [0, 0.05) is 25.7 Å². The standard InChI is InChI=1S/C21H22N2O4/c1-14-19(24)22(2)11-12-23(14)20(25)16-9-7-15(8-10-16)17-5-4-6-18(13-17)21(26)27-3/h4-10,13-14H,11-12H2,1-3H3. The lowest BCUT2D eigenvalue weighted by molar-refractivity contribution is -0.137. The Morgan fingerprint density at radius 1 is 1.00 bits per heavy atom. The van der Waals surface area contributed by atoms with E-state index in [0.717, 1.165) is 11.1 Å². The molecule has 0 bridgehead atoms. The third-order valence-electron chi connectivity index (χ3n) is 4.89. The highest BCUT2D eigenvalue weighted by molar-refractivity contribution is 5.98. The van der Waals surface area contributed by atoms with Crippen molar-refractivity contribution in [2.45, 2.75) is 13.0 Å². The van der Waals surface area contributed by atoms with Crippen LogP contribution in [0.15, 0.2) is 48.5 Å². The Morgan fingerprint density at radius 3 is 2.37 bits per heavy atom. The minimum Gasteiger partial charge on any atom is -0.465 e. The van der Waals surface area contributed by atoms with Crippen LogP contribution in [0.4, 0.5) is 0 Å². The van der Waals surface area contributed by atoms with Crippen molar-refractivity contribution in [2.75, 3.05) is 27.2 Å². The normalized spacial score (nSPS) is 17.0. The van der Waals surface area contributed by atoms with Gasteiger partial charge in [-0.2, -0.15) is 0 Å². The van der Waals surface area contributed by atoms with Crippen molar-refractivity contribution in [3.05, 3.63) is 59.7 Å². The highest BCUT2D eigenvalue weighted by Gasteiger charge is 2.32. The first-order valence-electron chi connectivity index (χ1n) is 8.77. The van der Waals surface area contributed by atoms with Crippen molar-refractivity contribution in [3.8, 4) is 11.1 Å². The maximum Gasteiger partial charge on any atom is 0.337 e. The van der Waals surface area contributed by atoms with Crippen LogP contribution in [0.1, 0.15) is 27.6 Å². The molecule has 3 rings (SSSR count). The molecule has 2 aromatic rings. The number of hydrogen-bond acceptors (Lipinski definition) is 4. The fourth-order valence-electron chi connectivity index (χ4n) is 3.21. The van der Waals surface area contributed by atoms with E-state index in [2.05, 4.69) is 0 Å². The molecule has 0 aromatic heterocycles. The molecule has 1 saturated heterocycles. The Labute approximate surface area is 158 Å². The Kier molecular flexibility index (Phi) is 5.26. The number of carbonyl (C=O) groups is 3. The molecular formula is C21H22N2O4. The summed E-state index contributed by atoms with van der Waals surface area (Å²) < 4.78 is 4.75. The van der Waals surface area contributed by atoms with E-state index in [1.807, 2.05) is 18.2 Å². The lowest BCUT2D eigenvalue weighted by atomic mass is 10.0. The third kappa shape index (κ3) is 3.69. The average molecular weight is 366 g/mol. The van der Waals surface area contributed by atoms with Gasteiger partial charge in [-0.25, -0.2) is 4.79 Å². The van der Waals surface area contributed by atoms with Crippen LogP contribution in [-0.4, -0.2) is 60.9 Å². The SMILES string of the molecule is COC(=O)c1cccc(-c2ccc(C(=O)N3CCN(C)C(=O)C3C)cc2)c1. The number of likely N-dealkylation sites (N-methyl/N-ethyl adjacent to an activating group) is 1. The number of esters is 1. The lowest BCUT2D eigenvalue weighted by Gasteiger charge is -2.37. The topological polar surface area (TPSA) is 66.9 Å². The minimum absolute atomic E-state index is 0.0501. The quantitative estimate of drug-likeness (QED) is 0.783. The first-order valence-corrected chi connectivity index (χ1v) is 8.77. The summed E-state index contributed by atoms with van der Waals surface area (Å²) in [5.74, 6) is -0.595. The van der Waals surface area contributed by atoms with Crippen LogP contribution in [-0.2, 0) is 9.53 Å². The summed E-state index contributed by atoms with van der Waals surface area (Å²) in [5.41, 5.74) is 2.76. The van der Waals surface area contributed by atoms with Crippen LogP contribution >= 0.6 is 0 Å². The van der Waals surface area contributed by atoms with Crippen molar-refractivity contribution in [1.82, 2.24) is 9.80 Å². The summed E-state index contributed by atoms with van der Waals surface area (Å²) in [7, 11) is 3.09. The van der Waals surface area contributed by atoms with E-state index >= 15 is 0 Å². The maximum absolute atomic E-state index is 12.8. The number of rotatable bonds is 3. The van der Waals surface area contributed by atoms with Crippen molar-refractivity contribution in [3.63, 3.8) is 0 Å². The Balaban J connectivity index is 1.80. The minimum atomic E-state index is -0.465. The van der Waals surface area contributed by atoms with Gasteiger partial charge >= 0.3 is 5.97 Å². The van der Waals surface area contributed by atoms with E-state index in [1.54, 1.807) is 54.1 Å². The van der Waals surface area contributed by atoms with Gasteiger partial charge in [0.15, 0.2) is 0 Å². The van der Waals surface area contributed by atoms with Gasteiger partial charge in [0.1, 0.15) is 6.04 Å². The molecule has 0 aliphatic carbocycles. The molecule has 0 saturated carbocycles. The zero-order valence-corrected chi connectivity index (χ0v) is 15.6. The van der Waals surface area contributed by atoms with Gasteiger partial charge in [-0.05, 0) is 42.3 Å². The second-order valence-electron chi connectivity index (χ2n) is 6.58. The van der Waals surface area contributed by atoms with Crippen molar-refractivity contribution >= 4 is 17.8 Å². The van der Waals surface area contributed by atoms with Gasteiger partial charge in [0.05, 0.1) is 12.7 Å². The summed E-state index contributed by atoms with van der Waals surface area (Å²) >= 11 is 0. The van der Waals surface area contributed by atoms with Gasteiger partial charge in [-0.3, -0.25) is 9.59 Å². The number of nitrogens with zero attached hydrogens (tertiary/aromatic N) is 2. The molecule has 1 fully saturated rings. The highest BCUT2D eigenvalue weighted by Crippen LogP contribution is 2.22. The van der Waals surface area contributed by atoms with Crippen LogP contribution in [0, 0.1) is 0 Å². The average Bonchev–Trinajstić information content (AvgIpc) is 2.71. The summed E-state index contributed by atoms with van der Waals surface area (Å²) in [6, 6.07) is 13.8. The van der Waals surface area contributed by atoms with Crippen LogP contribution in [0.25, 0.3) is 11.1 Å². The fraction of sp³-hybridized carbons (Fsp3) is 0.286. The third-order valence-corrected chi connectivity index (χ3v) is 4.89. The molecule has 27 heavy (non-hydrogen) atoms. The van der Waals surface area contributed by atoms with E-state index < -0.39 is 12.0 Å². The molecule has 0 spiro atoms. The first-order chi connectivity index (χ1) is 12.9. The number of carbonyl (C=O) groups excluding carboxylic acids is 3. The largest absolute Gasteiger partial charge is 0.465 e. The van der Waals surface area contributed by atoms with Crippen LogP contribution in [0.2, 0.25) is 0 Å². The van der Waals surface area contributed by atoms with Crippen LogP contribution in [0.5, 0.6) is 0 Å². The van der Waals surface area contributed by atoms with Gasteiger partial charge in [0.25, 0.3) is 5.91 Å². The summed E-state index contributed by atoms with van der Waals surface area (Å²) in [4.78, 5) is 39.8. The Hall–Kier alpha value is -3.15. The predicted octanol–water partition coefficient (Wildman–Crippen LogP) is 2.44. The van der Waals surface area contributed by atoms with Crippen LogP contribution < -0.4 is 0 Å². The van der Waals surface area contributed by atoms with Gasteiger partial charge in [-0.15, -0.1) is 0 Å². The molecule has 140 valence electrons. The monoisotopic (exact) mass is 366 g/mol. The van der Waals surface area contributed by atoms with Crippen molar-refractivity contribution in [1.29, 1.82) is 0 Å².